The minimum Gasteiger partial charge on any atom is -0.461 e. The number of nitrogen functional groups attached to an aromatic ring is 1. The Labute approximate surface area is 140 Å². The number of furan rings is 1. The number of nitrogens with zero attached hydrogens (tertiary/aromatic N) is 2. The van der Waals surface area contributed by atoms with Gasteiger partial charge < -0.3 is 15.1 Å². The molecule has 2 heterocycles. The van der Waals surface area contributed by atoms with Crippen molar-refractivity contribution in [1.29, 1.82) is 0 Å². The lowest BCUT2D eigenvalue weighted by atomic mass is 10.1. The van der Waals surface area contributed by atoms with Crippen LogP contribution >= 0.6 is 0 Å². The van der Waals surface area contributed by atoms with Gasteiger partial charge in [0.1, 0.15) is 17.2 Å². The number of rotatable bonds is 4. The topological polar surface area (TPSA) is 72.4 Å². The summed E-state index contributed by atoms with van der Waals surface area (Å²) in [5.41, 5.74) is 8.25. The molecular formula is C19H19N3O2. The van der Waals surface area contributed by atoms with Crippen LogP contribution in [0, 0.1) is 6.92 Å². The maximum absolute atomic E-state index is 12.3. The largest absolute Gasteiger partial charge is 0.461 e. The molecule has 2 aromatic heterocycles. The number of anilines is 1. The van der Waals surface area contributed by atoms with E-state index in [1.165, 1.54) is 6.08 Å². The highest BCUT2D eigenvalue weighted by molar-refractivity contribution is 5.92. The van der Waals surface area contributed by atoms with Crippen LogP contribution in [0.2, 0.25) is 0 Å². The van der Waals surface area contributed by atoms with Gasteiger partial charge in [0.15, 0.2) is 0 Å². The SMILES string of the molecule is Cc1oc2ccccc2c1CN(C)C(=O)C=Cc1ccc(N)nc1. The minimum absolute atomic E-state index is 0.0866. The van der Waals surface area contributed by atoms with E-state index in [9.17, 15) is 4.79 Å². The van der Waals surface area contributed by atoms with Crippen molar-refractivity contribution in [2.45, 2.75) is 13.5 Å². The van der Waals surface area contributed by atoms with Gasteiger partial charge in [0.2, 0.25) is 5.91 Å². The zero-order valence-corrected chi connectivity index (χ0v) is 13.7. The van der Waals surface area contributed by atoms with E-state index in [0.717, 1.165) is 27.9 Å². The van der Waals surface area contributed by atoms with Gasteiger partial charge in [0.25, 0.3) is 0 Å². The number of amides is 1. The molecule has 0 bridgehead atoms. The number of fused-ring (bicyclic) bond motifs is 1. The average molecular weight is 321 g/mol. The van der Waals surface area contributed by atoms with Gasteiger partial charge in [-0.15, -0.1) is 0 Å². The summed E-state index contributed by atoms with van der Waals surface area (Å²) in [7, 11) is 1.77. The Kier molecular flexibility index (Phi) is 4.33. The summed E-state index contributed by atoms with van der Waals surface area (Å²) in [5.74, 6) is 1.21. The summed E-state index contributed by atoms with van der Waals surface area (Å²) >= 11 is 0. The van der Waals surface area contributed by atoms with Crippen molar-refractivity contribution in [3.63, 3.8) is 0 Å². The normalized spacial score (nSPS) is 11.2. The van der Waals surface area contributed by atoms with Gasteiger partial charge in [-0.25, -0.2) is 4.98 Å². The molecule has 0 saturated heterocycles. The quantitative estimate of drug-likeness (QED) is 0.748. The number of hydrogen-bond acceptors (Lipinski definition) is 4. The number of hydrogen-bond donors (Lipinski definition) is 1. The van der Waals surface area contributed by atoms with E-state index >= 15 is 0 Å². The molecule has 24 heavy (non-hydrogen) atoms. The second-order valence-corrected chi connectivity index (χ2v) is 5.68. The monoisotopic (exact) mass is 321 g/mol. The Morgan fingerprint density at radius 2 is 2.08 bits per heavy atom. The van der Waals surface area contributed by atoms with Gasteiger partial charge in [0, 0.05) is 36.8 Å². The first-order valence-corrected chi connectivity index (χ1v) is 7.66. The number of likely N-dealkylation sites (N-methyl/N-ethyl adjacent to an activating group) is 1. The predicted octanol–water partition coefficient (Wildman–Crippen LogP) is 3.39. The fourth-order valence-corrected chi connectivity index (χ4v) is 2.54. The van der Waals surface area contributed by atoms with Crippen LogP contribution in [0.3, 0.4) is 0 Å². The van der Waals surface area contributed by atoms with Crippen LogP contribution in [0.5, 0.6) is 0 Å². The highest BCUT2D eigenvalue weighted by Gasteiger charge is 2.14. The summed E-state index contributed by atoms with van der Waals surface area (Å²) < 4.78 is 5.74. The van der Waals surface area contributed by atoms with Gasteiger partial charge in [-0.1, -0.05) is 18.2 Å². The van der Waals surface area contributed by atoms with Crippen molar-refractivity contribution >= 4 is 28.8 Å². The number of pyridine rings is 1. The highest BCUT2D eigenvalue weighted by Crippen LogP contribution is 2.26. The summed E-state index contributed by atoms with van der Waals surface area (Å²) in [6, 6.07) is 11.4. The first kappa shape index (κ1) is 15.8. The van der Waals surface area contributed by atoms with E-state index in [-0.39, 0.29) is 5.91 Å². The minimum atomic E-state index is -0.0866. The molecule has 0 atom stereocenters. The third-order valence-electron chi connectivity index (χ3n) is 3.90. The molecule has 0 spiro atoms. The Morgan fingerprint density at radius 3 is 2.83 bits per heavy atom. The van der Waals surface area contributed by atoms with Crippen molar-refractivity contribution < 1.29 is 9.21 Å². The number of carbonyl (C=O) groups is 1. The Bertz CT molecular complexity index is 895. The third-order valence-corrected chi connectivity index (χ3v) is 3.90. The molecule has 0 aliphatic carbocycles. The van der Waals surface area contributed by atoms with Crippen molar-refractivity contribution in [3.05, 3.63) is 65.6 Å². The Morgan fingerprint density at radius 1 is 1.29 bits per heavy atom. The molecule has 122 valence electrons. The second kappa shape index (κ2) is 6.58. The van der Waals surface area contributed by atoms with E-state index in [4.69, 9.17) is 10.2 Å². The highest BCUT2D eigenvalue weighted by atomic mass is 16.3. The fourth-order valence-electron chi connectivity index (χ4n) is 2.54. The van der Waals surface area contributed by atoms with Gasteiger partial charge in [-0.05, 0) is 36.8 Å². The summed E-state index contributed by atoms with van der Waals surface area (Å²) in [6.07, 6.45) is 4.89. The standard InChI is InChI=1S/C19H19N3O2/c1-13-16(15-5-3-4-6-17(15)24-13)12-22(2)19(23)10-8-14-7-9-18(20)21-11-14/h3-11H,12H2,1-2H3,(H2,20,21). The predicted molar refractivity (Wildman–Crippen MR) is 95.1 cm³/mol. The van der Waals surface area contributed by atoms with Gasteiger partial charge >= 0.3 is 0 Å². The lowest BCUT2D eigenvalue weighted by Gasteiger charge is -2.15. The maximum Gasteiger partial charge on any atom is 0.246 e. The maximum atomic E-state index is 12.3. The fraction of sp³-hybridized carbons (Fsp3) is 0.158. The number of carbonyl (C=O) groups excluding carboxylic acids is 1. The molecule has 3 aromatic rings. The second-order valence-electron chi connectivity index (χ2n) is 5.68. The summed E-state index contributed by atoms with van der Waals surface area (Å²) in [5, 5.41) is 1.04. The molecule has 0 unspecified atom stereocenters. The molecule has 1 amide bonds. The molecule has 0 fully saturated rings. The lowest BCUT2D eigenvalue weighted by molar-refractivity contribution is -0.125. The molecule has 2 N–H and O–H groups in total. The van der Waals surface area contributed by atoms with Crippen LogP contribution in [0.15, 0.2) is 53.1 Å². The molecule has 0 aliphatic rings. The molecule has 1 aromatic carbocycles. The van der Waals surface area contributed by atoms with Crippen LogP contribution in [0.1, 0.15) is 16.9 Å². The van der Waals surface area contributed by atoms with Crippen LogP contribution in [-0.4, -0.2) is 22.8 Å². The van der Waals surface area contributed by atoms with Gasteiger partial charge in [-0.3, -0.25) is 4.79 Å². The number of aryl methyl sites for hydroxylation is 1. The average Bonchev–Trinajstić information content (AvgIpc) is 2.90. The molecule has 3 rings (SSSR count). The molecule has 0 radical (unpaired) electrons. The molecular weight excluding hydrogens is 302 g/mol. The van der Waals surface area contributed by atoms with Gasteiger partial charge in [-0.2, -0.15) is 0 Å². The van der Waals surface area contributed by atoms with Crippen molar-refractivity contribution in [2.75, 3.05) is 12.8 Å². The molecule has 5 heteroatoms. The molecule has 0 aliphatic heterocycles. The smallest absolute Gasteiger partial charge is 0.246 e. The zero-order valence-electron chi connectivity index (χ0n) is 13.7. The van der Waals surface area contributed by atoms with Gasteiger partial charge in [0.05, 0.1) is 0 Å². The molecule has 5 nitrogen and oxygen atoms in total. The summed E-state index contributed by atoms with van der Waals surface area (Å²) in [6.45, 7) is 2.41. The molecule has 0 saturated carbocycles. The van der Waals surface area contributed by atoms with E-state index in [2.05, 4.69) is 4.98 Å². The number of para-hydroxylation sites is 1. The third kappa shape index (κ3) is 3.30. The van der Waals surface area contributed by atoms with Crippen LogP contribution in [0.4, 0.5) is 5.82 Å². The first-order chi connectivity index (χ1) is 11.5. The first-order valence-electron chi connectivity index (χ1n) is 7.66. The van der Waals surface area contributed by atoms with Crippen molar-refractivity contribution in [2.24, 2.45) is 0 Å². The van der Waals surface area contributed by atoms with E-state index < -0.39 is 0 Å². The van der Waals surface area contributed by atoms with E-state index in [1.54, 1.807) is 30.3 Å². The Balaban J connectivity index is 1.74. The van der Waals surface area contributed by atoms with E-state index in [1.807, 2.05) is 37.3 Å². The lowest BCUT2D eigenvalue weighted by Crippen LogP contribution is -2.24. The van der Waals surface area contributed by atoms with Crippen molar-refractivity contribution in [1.82, 2.24) is 9.88 Å². The van der Waals surface area contributed by atoms with Crippen LogP contribution in [0.25, 0.3) is 17.0 Å². The number of benzene rings is 1. The Hall–Kier alpha value is -3.08. The number of nitrogens with two attached hydrogens (primary N) is 1. The zero-order chi connectivity index (χ0) is 17.1. The van der Waals surface area contributed by atoms with E-state index in [0.29, 0.717) is 12.4 Å². The van der Waals surface area contributed by atoms with Crippen molar-refractivity contribution in [3.8, 4) is 0 Å². The van der Waals surface area contributed by atoms with Crippen LogP contribution in [-0.2, 0) is 11.3 Å². The number of aromatic nitrogens is 1. The summed E-state index contributed by atoms with van der Waals surface area (Å²) in [4.78, 5) is 18.0. The van der Waals surface area contributed by atoms with Crippen LogP contribution < -0.4 is 5.73 Å².